The van der Waals surface area contributed by atoms with Gasteiger partial charge in [-0.2, -0.15) is 4.98 Å². The molecule has 0 atom stereocenters. The van der Waals surface area contributed by atoms with Gasteiger partial charge in [-0.25, -0.2) is 4.98 Å². The Balaban J connectivity index is 2.10. The second-order valence-corrected chi connectivity index (χ2v) is 5.91. The van der Waals surface area contributed by atoms with Crippen LogP contribution in [0.25, 0.3) is 0 Å². The minimum Gasteiger partial charge on any atom is -0.474 e. The van der Waals surface area contributed by atoms with Crippen LogP contribution in [0.1, 0.15) is 71.0 Å². The minimum absolute atomic E-state index is 0.312. The van der Waals surface area contributed by atoms with Gasteiger partial charge in [-0.05, 0) is 32.1 Å². The van der Waals surface area contributed by atoms with Gasteiger partial charge in [-0.3, -0.25) is 0 Å². The van der Waals surface area contributed by atoms with E-state index in [2.05, 4.69) is 36.1 Å². The van der Waals surface area contributed by atoms with Gasteiger partial charge in [-0.15, -0.1) is 0 Å². The van der Waals surface area contributed by atoms with Crippen LogP contribution >= 0.6 is 0 Å². The molecule has 1 aliphatic carbocycles. The Morgan fingerprint density at radius 2 is 2.00 bits per heavy atom. The van der Waals surface area contributed by atoms with E-state index in [1.165, 1.54) is 19.3 Å². The van der Waals surface area contributed by atoms with E-state index < -0.39 is 0 Å². The van der Waals surface area contributed by atoms with Crippen LogP contribution in [0.4, 0.5) is 5.82 Å². The van der Waals surface area contributed by atoms with Crippen LogP contribution in [0.3, 0.4) is 0 Å². The maximum absolute atomic E-state index is 6.08. The van der Waals surface area contributed by atoms with Crippen LogP contribution in [0.2, 0.25) is 0 Å². The first-order valence-electron chi connectivity index (χ1n) is 7.98. The first-order chi connectivity index (χ1) is 9.69. The number of hydrogen-bond acceptors (Lipinski definition) is 4. The molecule has 0 spiro atoms. The van der Waals surface area contributed by atoms with Gasteiger partial charge in [0.05, 0.1) is 0 Å². The third-order valence-corrected chi connectivity index (χ3v) is 3.63. The fraction of sp³-hybridized carbons (Fsp3) is 0.750. The Bertz CT molecular complexity index is 414. The molecule has 0 saturated heterocycles. The molecule has 4 nitrogen and oxygen atoms in total. The number of nitrogens with one attached hydrogen (secondary N) is 1. The molecule has 1 saturated carbocycles. The van der Waals surface area contributed by atoms with Crippen molar-refractivity contribution in [1.82, 2.24) is 9.97 Å². The highest BCUT2D eigenvalue weighted by atomic mass is 16.5. The minimum atomic E-state index is 0.312. The van der Waals surface area contributed by atoms with Crippen LogP contribution in [0, 0.1) is 0 Å². The lowest BCUT2D eigenvalue weighted by molar-refractivity contribution is 0.148. The van der Waals surface area contributed by atoms with Crippen molar-refractivity contribution in [3.63, 3.8) is 0 Å². The topological polar surface area (TPSA) is 47.0 Å². The summed E-state index contributed by atoms with van der Waals surface area (Å²) >= 11 is 0. The maximum Gasteiger partial charge on any atom is 0.219 e. The number of nitrogens with zero attached hydrogens (tertiary/aromatic N) is 2. The van der Waals surface area contributed by atoms with Crippen LogP contribution in [0.15, 0.2) is 6.07 Å². The molecule has 0 radical (unpaired) electrons. The summed E-state index contributed by atoms with van der Waals surface area (Å²) in [6, 6.07) is 1.94. The van der Waals surface area contributed by atoms with Gasteiger partial charge in [-0.1, -0.05) is 27.2 Å². The van der Waals surface area contributed by atoms with Crippen molar-refractivity contribution in [2.45, 2.75) is 71.3 Å². The van der Waals surface area contributed by atoms with Crippen molar-refractivity contribution in [1.29, 1.82) is 0 Å². The number of aromatic nitrogens is 2. The number of rotatable bonds is 6. The summed E-state index contributed by atoms with van der Waals surface area (Å²) in [5.41, 5.74) is 0. The lowest BCUT2D eigenvalue weighted by atomic mass is 9.98. The normalized spacial score (nSPS) is 16.4. The molecule has 1 heterocycles. The summed E-state index contributed by atoms with van der Waals surface area (Å²) in [6.45, 7) is 7.31. The van der Waals surface area contributed by atoms with E-state index in [1.807, 2.05) is 6.07 Å². The zero-order chi connectivity index (χ0) is 14.4. The van der Waals surface area contributed by atoms with Gasteiger partial charge in [0.2, 0.25) is 5.88 Å². The standard InChI is InChI=1S/C16H27N3O/c1-4-10-17-14-11-15(19-16(18-14)12(2)3)20-13-8-6-5-7-9-13/h11-13H,4-10H2,1-3H3,(H,17,18,19). The van der Waals surface area contributed by atoms with E-state index in [-0.39, 0.29) is 0 Å². The first kappa shape index (κ1) is 15.1. The van der Waals surface area contributed by atoms with Crippen molar-refractivity contribution < 1.29 is 4.74 Å². The molecule has 2 rings (SSSR count). The van der Waals surface area contributed by atoms with Gasteiger partial charge in [0.25, 0.3) is 0 Å². The van der Waals surface area contributed by atoms with E-state index in [4.69, 9.17) is 4.74 Å². The first-order valence-corrected chi connectivity index (χ1v) is 7.98. The fourth-order valence-electron chi connectivity index (χ4n) is 2.46. The summed E-state index contributed by atoms with van der Waals surface area (Å²) in [4.78, 5) is 9.12. The number of ether oxygens (including phenoxy) is 1. The average Bonchev–Trinajstić information content (AvgIpc) is 2.46. The zero-order valence-corrected chi connectivity index (χ0v) is 13.0. The maximum atomic E-state index is 6.08. The summed E-state index contributed by atoms with van der Waals surface area (Å²) in [6.07, 6.45) is 7.60. The Morgan fingerprint density at radius 3 is 2.65 bits per heavy atom. The molecule has 0 unspecified atom stereocenters. The van der Waals surface area contributed by atoms with Gasteiger partial charge < -0.3 is 10.1 Å². The molecule has 1 N–H and O–H groups in total. The molecule has 1 aromatic heterocycles. The highest BCUT2D eigenvalue weighted by molar-refractivity contribution is 5.38. The summed E-state index contributed by atoms with van der Waals surface area (Å²) in [5, 5.41) is 3.34. The Labute approximate surface area is 122 Å². The zero-order valence-electron chi connectivity index (χ0n) is 13.0. The second-order valence-electron chi connectivity index (χ2n) is 5.91. The van der Waals surface area contributed by atoms with Crippen molar-refractivity contribution in [3.8, 4) is 5.88 Å². The van der Waals surface area contributed by atoms with Crippen LogP contribution in [0.5, 0.6) is 5.88 Å². The van der Waals surface area contributed by atoms with Crippen molar-refractivity contribution in [2.24, 2.45) is 0 Å². The van der Waals surface area contributed by atoms with Crippen LogP contribution < -0.4 is 10.1 Å². The predicted molar refractivity (Wildman–Crippen MR) is 82.4 cm³/mol. The monoisotopic (exact) mass is 277 g/mol. The van der Waals surface area contributed by atoms with Crippen LogP contribution in [-0.2, 0) is 0 Å². The molecule has 0 aromatic carbocycles. The van der Waals surface area contributed by atoms with Gasteiger partial charge in [0, 0.05) is 18.5 Å². The quantitative estimate of drug-likeness (QED) is 0.849. The van der Waals surface area contributed by atoms with Gasteiger partial charge >= 0.3 is 0 Å². The van der Waals surface area contributed by atoms with E-state index in [9.17, 15) is 0 Å². The lowest BCUT2D eigenvalue weighted by Gasteiger charge is -2.23. The highest BCUT2D eigenvalue weighted by Crippen LogP contribution is 2.24. The summed E-state index contributed by atoms with van der Waals surface area (Å²) < 4.78 is 6.08. The second kappa shape index (κ2) is 7.46. The van der Waals surface area contributed by atoms with E-state index in [0.717, 1.165) is 43.3 Å². The summed E-state index contributed by atoms with van der Waals surface area (Å²) in [5.74, 6) is 2.79. The molecule has 0 aliphatic heterocycles. The smallest absolute Gasteiger partial charge is 0.219 e. The Kier molecular flexibility index (Phi) is 5.62. The number of anilines is 1. The molecular weight excluding hydrogens is 250 g/mol. The molecule has 1 aromatic rings. The van der Waals surface area contributed by atoms with Crippen molar-refractivity contribution >= 4 is 5.82 Å². The molecule has 0 bridgehead atoms. The molecule has 20 heavy (non-hydrogen) atoms. The lowest BCUT2D eigenvalue weighted by Crippen LogP contribution is -2.20. The third-order valence-electron chi connectivity index (χ3n) is 3.63. The average molecular weight is 277 g/mol. The largest absolute Gasteiger partial charge is 0.474 e. The van der Waals surface area contributed by atoms with E-state index >= 15 is 0 Å². The predicted octanol–water partition coefficient (Wildman–Crippen LogP) is 4.13. The van der Waals surface area contributed by atoms with Gasteiger partial charge in [0.15, 0.2) is 0 Å². The van der Waals surface area contributed by atoms with Crippen LogP contribution in [-0.4, -0.2) is 22.6 Å². The fourth-order valence-corrected chi connectivity index (χ4v) is 2.46. The van der Waals surface area contributed by atoms with Gasteiger partial charge in [0.1, 0.15) is 17.7 Å². The third kappa shape index (κ3) is 4.36. The van der Waals surface area contributed by atoms with E-state index in [1.54, 1.807) is 0 Å². The Hall–Kier alpha value is -1.32. The SMILES string of the molecule is CCCNc1cc(OC2CCCCC2)nc(C(C)C)n1. The molecule has 1 fully saturated rings. The Morgan fingerprint density at radius 1 is 1.25 bits per heavy atom. The summed E-state index contributed by atoms with van der Waals surface area (Å²) in [7, 11) is 0. The van der Waals surface area contributed by atoms with Crippen molar-refractivity contribution in [3.05, 3.63) is 11.9 Å². The molecule has 1 aliphatic rings. The molecule has 4 heteroatoms. The number of hydrogen-bond donors (Lipinski definition) is 1. The molecular formula is C16H27N3O. The highest BCUT2D eigenvalue weighted by Gasteiger charge is 2.17. The van der Waals surface area contributed by atoms with E-state index in [0.29, 0.717) is 12.0 Å². The van der Waals surface area contributed by atoms with Crippen molar-refractivity contribution in [2.75, 3.05) is 11.9 Å². The molecule has 112 valence electrons. The molecule has 0 amide bonds.